The number of benzene rings is 2. The predicted octanol–water partition coefficient (Wildman–Crippen LogP) is 2.35. The summed E-state index contributed by atoms with van der Waals surface area (Å²) in [4.78, 5) is -0.0760. The van der Waals surface area contributed by atoms with Crippen LogP contribution in [0.4, 0.5) is 11.4 Å². The van der Waals surface area contributed by atoms with Gasteiger partial charge in [-0.15, -0.1) is 0 Å². The zero-order chi connectivity index (χ0) is 20.5. The van der Waals surface area contributed by atoms with E-state index in [1.54, 1.807) is 25.1 Å². The van der Waals surface area contributed by atoms with Crippen LogP contribution < -0.4 is 18.5 Å². The second-order valence-corrected chi connectivity index (χ2v) is 10.0. The van der Waals surface area contributed by atoms with Gasteiger partial charge in [-0.2, -0.15) is 0 Å². The number of nitrogens with one attached hydrogen (secondary N) is 1. The van der Waals surface area contributed by atoms with Gasteiger partial charge in [0.1, 0.15) is 16.4 Å². The van der Waals surface area contributed by atoms with Crippen molar-refractivity contribution in [2.24, 2.45) is 0 Å². The van der Waals surface area contributed by atoms with Gasteiger partial charge in [-0.05, 0) is 43.2 Å². The molecule has 1 N–H and O–H groups in total. The molecule has 0 aliphatic carbocycles. The third-order valence-electron chi connectivity index (χ3n) is 4.51. The molecule has 3 rings (SSSR count). The maximum absolute atomic E-state index is 13.0. The van der Waals surface area contributed by atoms with Crippen LogP contribution in [0.25, 0.3) is 0 Å². The summed E-state index contributed by atoms with van der Waals surface area (Å²) in [6.45, 7) is 2.12. The SMILES string of the molecule is COc1ccc(OC)c(S(=O)(=O)Nc2cc(N3CCCS3(=O)=O)ccc2C)c1. The Morgan fingerprint density at radius 2 is 1.82 bits per heavy atom. The first-order valence-corrected chi connectivity index (χ1v) is 11.6. The largest absolute Gasteiger partial charge is 0.497 e. The molecule has 0 amide bonds. The first-order valence-electron chi connectivity index (χ1n) is 8.54. The second kappa shape index (κ2) is 7.51. The van der Waals surface area contributed by atoms with E-state index in [1.165, 1.54) is 36.7 Å². The molecule has 1 aliphatic heterocycles. The lowest BCUT2D eigenvalue weighted by Gasteiger charge is -2.19. The summed E-state index contributed by atoms with van der Waals surface area (Å²) in [7, 11) is -4.55. The molecule has 1 aliphatic rings. The second-order valence-electron chi connectivity index (χ2n) is 6.36. The third-order valence-corrected chi connectivity index (χ3v) is 7.77. The minimum Gasteiger partial charge on any atom is -0.497 e. The molecule has 28 heavy (non-hydrogen) atoms. The Labute approximate surface area is 165 Å². The van der Waals surface area contributed by atoms with Crippen molar-refractivity contribution in [1.29, 1.82) is 0 Å². The zero-order valence-electron chi connectivity index (χ0n) is 15.8. The molecule has 0 saturated carbocycles. The highest BCUT2D eigenvalue weighted by Gasteiger charge is 2.29. The molecule has 0 spiro atoms. The van der Waals surface area contributed by atoms with E-state index in [2.05, 4.69) is 4.72 Å². The Morgan fingerprint density at radius 3 is 2.43 bits per heavy atom. The van der Waals surface area contributed by atoms with E-state index in [1.807, 2.05) is 0 Å². The summed E-state index contributed by atoms with van der Waals surface area (Å²) in [6.07, 6.45) is 0.540. The molecule has 1 heterocycles. The van der Waals surface area contributed by atoms with Crippen LogP contribution in [0.5, 0.6) is 11.5 Å². The fourth-order valence-electron chi connectivity index (χ4n) is 3.00. The Bertz CT molecular complexity index is 1100. The van der Waals surface area contributed by atoms with Crippen molar-refractivity contribution in [2.75, 3.05) is 35.5 Å². The lowest BCUT2D eigenvalue weighted by atomic mass is 10.2. The summed E-state index contributed by atoms with van der Waals surface area (Å²) < 4.78 is 64.4. The highest BCUT2D eigenvalue weighted by molar-refractivity contribution is 7.93. The van der Waals surface area contributed by atoms with Crippen molar-refractivity contribution in [3.63, 3.8) is 0 Å². The average Bonchev–Trinajstić information content (AvgIpc) is 3.02. The first kappa shape index (κ1) is 20.3. The van der Waals surface area contributed by atoms with E-state index in [0.29, 0.717) is 35.7 Å². The zero-order valence-corrected chi connectivity index (χ0v) is 17.4. The summed E-state index contributed by atoms with van der Waals surface area (Å²) in [5.74, 6) is 0.627. The van der Waals surface area contributed by atoms with Crippen LogP contribution >= 0.6 is 0 Å². The van der Waals surface area contributed by atoms with Gasteiger partial charge in [0.25, 0.3) is 10.0 Å². The van der Waals surface area contributed by atoms with Crippen molar-refractivity contribution >= 4 is 31.4 Å². The van der Waals surface area contributed by atoms with E-state index >= 15 is 0 Å². The Balaban J connectivity index is 2.00. The van der Waals surface area contributed by atoms with Gasteiger partial charge in [0.15, 0.2) is 0 Å². The number of methoxy groups -OCH3 is 2. The minimum absolute atomic E-state index is 0.0760. The van der Waals surface area contributed by atoms with Crippen molar-refractivity contribution in [3.8, 4) is 11.5 Å². The average molecular weight is 427 g/mol. The van der Waals surface area contributed by atoms with Crippen LogP contribution in [-0.4, -0.2) is 43.4 Å². The van der Waals surface area contributed by atoms with Gasteiger partial charge in [0.05, 0.1) is 31.3 Å². The molecule has 0 atom stereocenters. The maximum atomic E-state index is 13.0. The lowest BCUT2D eigenvalue weighted by Crippen LogP contribution is -2.25. The molecule has 8 nitrogen and oxygen atoms in total. The molecule has 0 radical (unpaired) electrons. The smallest absolute Gasteiger partial charge is 0.265 e. The summed E-state index contributed by atoms with van der Waals surface area (Å²) in [5.41, 5.74) is 1.38. The van der Waals surface area contributed by atoms with Crippen LogP contribution in [0.2, 0.25) is 0 Å². The molecule has 1 fully saturated rings. The Kier molecular flexibility index (Phi) is 5.44. The van der Waals surface area contributed by atoms with Crippen molar-refractivity contribution < 1.29 is 26.3 Å². The molecule has 152 valence electrons. The summed E-state index contributed by atoms with van der Waals surface area (Å²) >= 11 is 0. The van der Waals surface area contributed by atoms with Crippen molar-refractivity contribution in [3.05, 3.63) is 42.0 Å². The van der Waals surface area contributed by atoms with Gasteiger partial charge in [-0.1, -0.05) is 6.07 Å². The number of ether oxygens (including phenoxy) is 2. The number of rotatable bonds is 6. The molecule has 1 saturated heterocycles. The van der Waals surface area contributed by atoms with Crippen LogP contribution in [-0.2, 0) is 20.0 Å². The first-order chi connectivity index (χ1) is 13.2. The quantitative estimate of drug-likeness (QED) is 0.761. The monoisotopic (exact) mass is 426 g/mol. The van der Waals surface area contributed by atoms with E-state index in [4.69, 9.17) is 9.47 Å². The van der Waals surface area contributed by atoms with E-state index < -0.39 is 20.0 Å². The molecule has 0 unspecified atom stereocenters. The van der Waals surface area contributed by atoms with Crippen molar-refractivity contribution in [1.82, 2.24) is 0 Å². The number of aryl methyl sites for hydroxylation is 1. The standard InChI is InChI=1S/C18H22N2O6S2/c1-13-5-6-14(20-9-4-10-27(20,21)22)11-16(13)19-28(23,24)18-12-15(25-2)7-8-17(18)26-3/h5-8,11-12,19H,4,9-10H2,1-3H3. The van der Waals surface area contributed by atoms with Gasteiger partial charge < -0.3 is 9.47 Å². The van der Waals surface area contributed by atoms with Crippen LogP contribution in [0.1, 0.15) is 12.0 Å². The fourth-order valence-corrected chi connectivity index (χ4v) is 5.86. The summed E-state index contributed by atoms with van der Waals surface area (Å²) in [5, 5.41) is 0. The molecule has 10 heteroatoms. The van der Waals surface area contributed by atoms with Crippen molar-refractivity contribution in [2.45, 2.75) is 18.2 Å². The van der Waals surface area contributed by atoms with Gasteiger partial charge in [-0.3, -0.25) is 9.03 Å². The van der Waals surface area contributed by atoms with E-state index in [9.17, 15) is 16.8 Å². The number of nitrogens with zero attached hydrogens (tertiary/aromatic N) is 1. The highest BCUT2D eigenvalue weighted by atomic mass is 32.2. The van der Waals surface area contributed by atoms with Gasteiger partial charge in [0.2, 0.25) is 10.0 Å². The molecular formula is C18H22N2O6S2. The number of hydrogen-bond acceptors (Lipinski definition) is 6. The molecular weight excluding hydrogens is 404 g/mol. The van der Waals surface area contributed by atoms with Crippen LogP contribution in [0.3, 0.4) is 0 Å². The van der Waals surface area contributed by atoms with E-state index in [-0.39, 0.29) is 16.4 Å². The molecule has 2 aromatic carbocycles. The minimum atomic E-state index is -4.00. The molecule has 0 aromatic heterocycles. The maximum Gasteiger partial charge on any atom is 0.265 e. The van der Waals surface area contributed by atoms with Gasteiger partial charge in [-0.25, -0.2) is 16.8 Å². The number of hydrogen-bond donors (Lipinski definition) is 1. The Hall–Kier alpha value is -2.46. The third kappa shape index (κ3) is 3.88. The molecule has 0 bridgehead atoms. The van der Waals surface area contributed by atoms with Gasteiger partial charge in [0, 0.05) is 12.6 Å². The number of sulfonamides is 2. The normalized spacial score (nSPS) is 16.0. The van der Waals surface area contributed by atoms with E-state index in [0.717, 1.165) is 0 Å². The number of anilines is 2. The fraction of sp³-hybridized carbons (Fsp3) is 0.333. The van der Waals surface area contributed by atoms with Crippen LogP contribution in [0.15, 0.2) is 41.3 Å². The topological polar surface area (TPSA) is 102 Å². The van der Waals surface area contributed by atoms with Crippen LogP contribution in [0, 0.1) is 6.92 Å². The predicted molar refractivity (Wildman–Crippen MR) is 107 cm³/mol. The Morgan fingerprint density at radius 1 is 1.07 bits per heavy atom. The molecule has 2 aromatic rings. The highest BCUT2D eigenvalue weighted by Crippen LogP contribution is 2.33. The lowest BCUT2D eigenvalue weighted by molar-refractivity contribution is 0.392. The summed E-state index contributed by atoms with van der Waals surface area (Å²) in [6, 6.07) is 9.36. The van der Waals surface area contributed by atoms with Gasteiger partial charge >= 0.3 is 0 Å².